The van der Waals surface area contributed by atoms with Crippen molar-refractivity contribution in [3.8, 4) is 6.19 Å². The van der Waals surface area contributed by atoms with Crippen LogP contribution >= 0.6 is 0 Å². The Morgan fingerprint density at radius 3 is 2.80 bits per heavy atom. The zero-order valence-corrected chi connectivity index (χ0v) is 10.9. The Balaban J connectivity index is 1.82. The van der Waals surface area contributed by atoms with Crippen molar-refractivity contribution in [3.05, 3.63) is 30.3 Å². The minimum absolute atomic E-state index is 0.0670. The van der Waals surface area contributed by atoms with Crippen molar-refractivity contribution in [2.45, 2.75) is 31.3 Å². The summed E-state index contributed by atoms with van der Waals surface area (Å²) in [6.07, 6.45) is 5.12. The SMILES string of the molecule is N#C/N=C1\N(c2ccccc2)C(=O)C2C3CCC(C3)N12. The first-order valence-electron chi connectivity index (χ1n) is 6.95. The van der Waals surface area contributed by atoms with Gasteiger partial charge in [0, 0.05) is 6.04 Å². The van der Waals surface area contributed by atoms with Crippen LogP contribution in [0.4, 0.5) is 5.69 Å². The van der Waals surface area contributed by atoms with Crippen molar-refractivity contribution in [2.75, 3.05) is 4.90 Å². The Bertz CT molecular complexity index is 633. The summed E-state index contributed by atoms with van der Waals surface area (Å²) in [5.41, 5.74) is 0.792. The number of carbonyl (C=O) groups excluding carboxylic acids is 1. The number of carbonyl (C=O) groups is 1. The molecule has 0 aromatic heterocycles. The molecule has 0 spiro atoms. The molecule has 1 aliphatic carbocycles. The Kier molecular flexibility index (Phi) is 2.34. The second kappa shape index (κ2) is 4.07. The zero-order chi connectivity index (χ0) is 13.7. The van der Waals surface area contributed by atoms with Gasteiger partial charge in [-0.25, -0.2) is 4.90 Å². The number of nitriles is 1. The van der Waals surface area contributed by atoms with Crippen LogP contribution in [0, 0.1) is 17.4 Å². The summed E-state index contributed by atoms with van der Waals surface area (Å²) in [7, 11) is 0. The van der Waals surface area contributed by atoms with Gasteiger partial charge in [0.15, 0.2) is 0 Å². The highest BCUT2D eigenvalue weighted by atomic mass is 16.2. The minimum Gasteiger partial charge on any atom is -0.326 e. The van der Waals surface area contributed by atoms with Crippen LogP contribution in [-0.4, -0.2) is 28.9 Å². The summed E-state index contributed by atoms with van der Waals surface area (Å²) in [6.45, 7) is 0. The molecule has 5 nitrogen and oxygen atoms in total. The van der Waals surface area contributed by atoms with Crippen LogP contribution in [0.3, 0.4) is 0 Å². The summed E-state index contributed by atoms with van der Waals surface area (Å²) >= 11 is 0. The number of amides is 1. The standard InChI is InChI=1S/C15H14N4O/c16-9-17-15-18-12-7-6-10(8-12)13(18)14(20)19(15)11-4-2-1-3-5-11/h1-5,10,12-13H,6-8H2/b17-15-. The predicted octanol–water partition coefficient (Wildman–Crippen LogP) is 1.72. The number of nitrogens with zero attached hydrogens (tertiary/aromatic N) is 4. The molecule has 1 saturated carbocycles. The molecule has 5 heteroatoms. The number of hydrogen-bond donors (Lipinski definition) is 0. The fraction of sp³-hybridized carbons (Fsp3) is 0.400. The van der Waals surface area contributed by atoms with E-state index in [1.54, 1.807) is 4.90 Å². The lowest BCUT2D eigenvalue weighted by Crippen LogP contribution is -2.41. The van der Waals surface area contributed by atoms with Crippen molar-refractivity contribution in [1.82, 2.24) is 4.90 Å². The average Bonchev–Trinajstić information content (AvgIpc) is 3.14. The average molecular weight is 266 g/mol. The molecular weight excluding hydrogens is 252 g/mol. The second-order valence-electron chi connectivity index (χ2n) is 5.60. The van der Waals surface area contributed by atoms with E-state index >= 15 is 0 Å². The molecule has 1 aromatic carbocycles. The number of rotatable bonds is 1. The van der Waals surface area contributed by atoms with Gasteiger partial charge < -0.3 is 4.90 Å². The summed E-state index contributed by atoms with van der Waals surface area (Å²) in [5, 5.41) is 8.97. The lowest BCUT2D eigenvalue weighted by Gasteiger charge is -2.28. The molecule has 1 aromatic rings. The van der Waals surface area contributed by atoms with Crippen LogP contribution in [0.2, 0.25) is 0 Å². The van der Waals surface area contributed by atoms with Crippen molar-refractivity contribution < 1.29 is 4.79 Å². The third-order valence-electron chi connectivity index (χ3n) is 4.65. The number of aliphatic imine (C=N–C) groups is 1. The van der Waals surface area contributed by atoms with E-state index < -0.39 is 0 Å². The van der Waals surface area contributed by atoms with Crippen LogP contribution < -0.4 is 4.90 Å². The molecule has 0 radical (unpaired) electrons. The maximum Gasteiger partial charge on any atom is 0.257 e. The highest BCUT2D eigenvalue weighted by Gasteiger charge is 2.58. The van der Waals surface area contributed by atoms with Gasteiger partial charge in [0.1, 0.15) is 6.04 Å². The van der Waals surface area contributed by atoms with Gasteiger partial charge in [0.05, 0.1) is 5.69 Å². The Labute approximate surface area is 117 Å². The van der Waals surface area contributed by atoms with Gasteiger partial charge >= 0.3 is 0 Å². The van der Waals surface area contributed by atoms with Crippen molar-refractivity contribution in [1.29, 1.82) is 5.26 Å². The molecule has 2 bridgehead atoms. The maximum atomic E-state index is 12.8. The van der Waals surface area contributed by atoms with E-state index in [1.165, 1.54) is 0 Å². The van der Waals surface area contributed by atoms with Crippen LogP contribution in [-0.2, 0) is 4.79 Å². The maximum absolute atomic E-state index is 12.8. The lowest BCUT2D eigenvalue weighted by molar-refractivity contribution is -0.120. The van der Waals surface area contributed by atoms with Gasteiger partial charge in [0.2, 0.25) is 12.2 Å². The first-order chi connectivity index (χ1) is 9.81. The van der Waals surface area contributed by atoms with E-state index in [0.29, 0.717) is 17.9 Å². The van der Waals surface area contributed by atoms with E-state index in [0.717, 1.165) is 24.9 Å². The van der Waals surface area contributed by atoms with Crippen molar-refractivity contribution in [2.24, 2.45) is 10.9 Å². The van der Waals surface area contributed by atoms with Crippen LogP contribution in [0.15, 0.2) is 35.3 Å². The largest absolute Gasteiger partial charge is 0.326 e. The van der Waals surface area contributed by atoms with Gasteiger partial charge in [-0.1, -0.05) is 18.2 Å². The van der Waals surface area contributed by atoms with Crippen molar-refractivity contribution in [3.63, 3.8) is 0 Å². The molecule has 2 saturated heterocycles. The minimum atomic E-state index is -0.110. The molecule has 100 valence electrons. The van der Waals surface area contributed by atoms with Crippen LogP contribution in [0.5, 0.6) is 0 Å². The number of para-hydroxylation sites is 1. The topological polar surface area (TPSA) is 59.7 Å². The summed E-state index contributed by atoms with van der Waals surface area (Å²) in [6, 6.07) is 9.73. The van der Waals surface area contributed by atoms with Gasteiger partial charge in [-0.2, -0.15) is 5.26 Å². The van der Waals surface area contributed by atoms with E-state index in [1.807, 2.05) is 36.5 Å². The first-order valence-corrected chi connectivity index (χ1v) is 6.95. The number of anilines is 1. The molecule has 2 heterocycles. The van der Waals surface area contributed by atoms with Gasteiger partial charge in [-0.3, -0.25) is 4.79 Å². The molecule has 1 amide bonds. The predicted molar refractivity (Wildman–Crippen MR) is 73.7 cm³/mol. The molecule has 2 aliphatic heterocycles. The molecule has 20 heavy (non-hydrogen) atoms. The fourth-order valence-corrected chi connectivity index (χ4v) is 3.91. The molecule has 3 aliphatic rings. The first kappa shape index (κ1) is 11.5. The molecule has 3 atom stereocenters. The fourth-order valence-electron chi connectivity index (χ4n) is 3.91. The highest BCUT2D eigenvalue weighted by Crippen LogP contribution is 2.47. The van der Waals surface area contributed by atoms with E-state index in [9.17, 15) is 4.79 Å². The summed E-state index contributed by atoms with van der Waals surface area (Å²) in [5.74, 6) is 1.00. The molecule has 3 fully saturated rings. The summed E-state index contributed by atoms with van der Waals surface area (Å²) in [4.78, 5) is 20.4. The number of guanidine groups is 1. The normalized spacial score (nSPS) is 32.9. The van der Waals surface area contributed by atoms with E-state index in [2.05, 4.69) is 9.89 Å². The third-order valence-corrected chi connectivity index (χ3v) is 4.65. The highest BCUT2D eigenvalue weighted by molar-refractivity contribution is 6.23. The zero-order valence-electron chi connectivity index (χ0n) is 10.9. The van der Waals surface area contributed by atoms with Crippen molar-refractivity contribution >= 4 is 17.6 Å². The molecule has 3 unspecified atom stereocenters. The van der Waals surface area contributed by atoms with Crippen LogP contribution in [0.1, 0.15) is 19.3 Å². The van der Waals surface area contributed by atoms with Crippen LogP contribution in [0.25, 0.3) is 0 Å². The number of benzene rings is 1. The van der Waals surface area contributed by atoms with Gasteiger partial charge in [-0.15, -0.1) is 4.99 Å². The molecular formula is C15H14N4O. The smallest absolute Gasteiger partial charge is 0.257 e. The Morgan fingerprint density at radius 2 is 2.05 bits per heavy atom. The number of piperidine rings is 1. The molecule has 4 rings (SSSR count). The Hall–Kier alpha value is -2.35. The lowest BCUT2D eigenvalue weighted by atomic mass is 9.99. The number of fused-ring (bicyclic) bond motifs is 5. The quantitative estimate of drug-likeness (QED) is 0.727. The van der Waals surface area contributed by atoms with E-state index in [-0.39, 0.29) is 11.9 Å². The third kappa shape index (κ3) is 1.36. The van der Waals surface area contributed by atoms with Gasteiger partial charge in [-0.05, 0) is 37.3 Å². The monoisotopic (exact) mass is 266 g/mol. The second-order valence-corrected chi connectivity index (χ2v) is 5.60. The summed E-state index contributed by atoms with van der Waals surface area (Å²) < 4.78 is 0. The Morgan fingerprint density at radius 1 is 1.25 bits per heavy atom. The molecule has 0 N–H and O–H groups in total. The van der Waals surface area contributed by atoms with Gasteiger partial charge in [0.25, 0.3) is 5.91 Å². The number of hydrogen-bond acceptors (Lipinski definition) is 3. The van der Waals surface area contributed by atoms with E-state index in [4.69, 9.17) is 5.26 Å².